The first-order valence-corrected chi connectivity index (χ1v) is 9.50. The Kier molecular flexibility index (Phi) is 5.31. The molecule has 4 heterocycles. The summed E-state index contributed by atoms with van der Waals surface area (Å²) in [6.07, 6.45) is 2.71. The molecule has 0 bridgehead atoms. The van der Waals surface area contributed by atoms with Gasteiger partial charge in [-0.05, 0) is 43.3 Å². The molecule has 0 aromatic carbocycles. The van der Waals surface area contributed by atoms with Gasteiger partial charge in [0.25, 0.3) is 0 Å². The highest BCUT2D eigenvalue weighted by molar-refractivity contribution is 6.28. The molecule has 2 aromatic heterocycles. The lowest BCUT2D eigenvalue weighted by Crippen LogP contribution is -2.37. The zero-order chi connectivity index (χ0) is 18.8. The van der Waals surface area contributed by atoms with Crippen LogP contribution in [0.2, 0.25) is 5.28 Å². The average molecular weight is 393 g/mol. The summed E-state index contributed by atoms with van der Waals surface area (Å²) in [5.74, 6) is 1.29. The first-order valence-electron chi connectivity index (χ1n) is 9.13. The fourth-order valence-corrected chi connectivity index (χ4v) is 3.74. The van der Waals surface area contributed by atoms with E-state index in [0.717, 1.165) is 19.3 Å². The minimum atomic E-state index is -0.467. The van der Waals surface area contributed by atoms with Crippen LogP contribution in [0.3, 0.4) is 0 Å². The van der Waals surface area contributed by atoms with Crippen molar-refractivity contribution in [1.29, 1.82) is 0 Å². The van der Waals surface area contributed by atoms with Crippen LogP contribution in [0.4, 0.5) is 5.82 Å². The Labute approximate surface area is 161 Å². The van der Waals surface area contributed by atoms with Gasteiger partial charge in [0.15, 0.2) is 17.0 Å². The molecule has 2 atom stereocenters. The van der Waals surface area contributed by atoms with Crippen LogP contribution in [0, 0.1) is 0 Å². The fraction of sp³-hybridized carbons (Fsp3) is 0.688. The van der Waals surface area contributed by atoms with Gasteiger partial charge in [0.05, 0.1) is 19.3 Å². The molecule has 0 spiro atoms. The number of morpholine rings is 1. The quantitative estimate of drug-likeness (QED) is 0.341. The molecule has 10 nitrogen and oxygen atoms in total. The van der Waals surface area contributed by atoms with Crippen molar-refractivity contribution in [1.82, 2.24) is 19.5 Å². The molecule has 144 valence electrons. The predicted octanol–water partition coefficient (Wildman–Crippen LogP) is 3.39. The zero-order valence-corrected chi connectivity index (χ0v) is 15.8. The number of nitrogens with zero attached hydrogens (tertiary/aromatic N) is 8. The summed E-state index contributed by atoms with van der Waals surface area (Å²) >= 11 is 6.26. The van der Waals surface area contributed by atoms with Crippen LogP contribution in [0.25, 0.3) is 21.6 Å². The standard InChI is InChI=1S/C16H21ClN8O2/c1-10(22-23-18)13-19-12-14(24-5-8-26-9-6-24)20-16(17)21-15(12)25(13)11-4-2-3-7-27-11/h10-11H,2-9H2,1H3. The maximum absolute atomic E-state index is 8.90. The molecule has 2 unspecified atom stereocenters. The topological polar surface area (TPSA) is 114 Å². The predicted molar refractivity (Wildman–Crippen MR) is 99.8 cm³/mol. The number of azide groups is 1. The second-order valence-electron chi connectivity index (χ2n) is 6.63. The third-order valence-electron chi connectivity index (χ3n) is 4.87. The molecule has 2 saturated heterocycles. The van der Waals surface area contributed by atoms with Crippen molar-refractivity contribution in [2.75, 3.05) is 37.8 Å². The van der Waals surface area contributed by atoms with Gasteiger partial charge < -0.3 is 14.4 Å². The van der Waals surface area contributed by atoms with Crippen LogP contribution in [-0.2, 0) is 9.47 Å². The van der Waals surface area contributed by atoms with Crippen LogP contribution >= 0.6 is 11.6 Å². The van der Waals surface area contributed by atoms with Crippen LogP contribution in [0.1, 0.15) is 44.3 Å². The lowest BCUT2D eigenvalue weighted by Gasteiger charge is -2.28. The molecule has 0 saturated carbocycles. The molecule has 2 aliphatic heterocycles. The summed E-state index contributed by atoms with van der Waals surface area (Å²) in [6, 6.07) is -0.467. The Morgan fingerprint density at radius 2 is 2.04 bits per heavy atom. The maximum atomic E-state index is 8.90. The zero-order valence-electron chi connectivity index (χ0n) is 15.1. The van der Waals surface area contributed by atoms with Crippen molar-refractivity contribution in [3.63, 3.8) is 0 Å². The van der Waals surface area contributed by atoms with Crippen LogP contribution in [0.5, 0.6) is 0 Å². The number of imidazole rings is 1. The number of hydrogen-bond acceptors (Lipinski definition) is 7. The van der Waals surface area contributed by atoms with Gasteiger partial charge in [0.1, 0.15) is 12.1 Å². The van der Waals surface area contributed by atoms with Crippen molar-refractivity contribution >= 4 is 28.6 Å². The molecule has 0 radical (unpaired) electrons. The number of rotatable bonds is 4. The van der Waals surface area contributed by atoms with Crippen molar-refractivity contribution in [2.45, 2.75) is 38.5 Å². The van der Waals surface area contributed by atoms with Gasteiger partial charge in [-0.25, -0.2) is 4.98 Å². The summed E-state index contributed by atoms with van der Waals surface area (Å²) in [7, 11) is 0. The number of aromatic nitrogens is 4. The summed E-state index contributed by atoms with van der Waals surface area (Å²) in [5.41, 5.74) is 10.1. The fourth-order valence-electron chi connectivity index (χ4n) is 3.58. The third kappa shape index (κ3) is 3.53. The molecule has 0 N–H and O–H groups in total. The largest absolute Gasteiger partial charge is 0.378 e. The molecule has 27 heavy (non-hydrogen) atoms. The van der Waals surface area contributed by atoms with Crippen molar-refractivity contribution < 1.29 is 9.47 Å². The number of halogens is 1. The van der Waals surface area contributed by atoms with E-state index in [9.17, 15) is 0 Å². The molecular formula is C16H21ClN8O2. The van der Waals surface area contributed by atoms with E-state index in [2.05, 4.69) is 24.9 Å². The lowest BCUT2D eigenvalue weighted by molar-refractivity contribution is -0.0317. The van der Waals surface area contributed by atoms with E-state index in [4.69, 9.17) is 31.6 Å². The van der Waals surface area contributed by atoms with E-state index in [1.807, 2.05) is 11.5 Å². The SMILES string of the molecule is CC(N=[N+]=[N-])c1nc2c(N3CCOCC3)nc(Cl)nc2n1C1CCCCO1. The van der Waals surface area contributed by atoms with E-state index in [-0.39, 0.29) is 11.5 Å². The molecule has 0 aliphatic carbocycles. The van der Waals surface area contributed by atoms with Crippen LogP contribution in [-0.4, -0.2) is 52.4 Å². The van der Waals surface area contributed by atoms with Gasteiger partial charge in [-0.3, -0.25) is 4.57 Å². The maximum Gasteiger partial charge on any atom is 0.226 e. The van der Waals surface area contributed by atoms with E-state index in [0.29, 0.717) is 55.7 Å². The van der Waals surface area contributed by atoms with Gasteiger partial charge >= 0.3 is 0 Å². The Morgan fingerprint density at radius 1 is 1.22 bits per heavy atom. The normalized spacial score (nSPS) is 21.9. The lowest BCUT2D eigenvalue weighted by atomic mass is 10.2. The van der Waals surface area contributed by atoms with Crippen molar-refractivity contribution in [3.05, 3.63) is 21.6 Å². The third-order valence-corrected chi connectivity index (χ3v) is 5.04. The number of hydrogen-bond donors (Lipinski definition) is 0. The smallest absolute Gasteiger partial charge is 0.226 e. The highest BCUT2D eigenvalue weighted by atomic mass is 35.5. The molecular weight excluding hydrogens is 372 g/mol. The highest BCUT2D eigenvalue weighted by Gasteiger charge is 2.29. The van der Waals surface area contributed by atoms with E-state index >= 15 is 0 Å². The summed E-state index contributed by atoms with van der Waals surface area (Å²) in [6.45, 7) is 5.14. The summed E-state index contributed by atoms with van der Waals surface area (Å²) in [5, 5.41) is 3.99. The average Bonchev–Trinajstić information content (AvgIpc) is 3.08. The second kappa shape index (κ2) is 7.85. The number of fused-ring (bicyclic) bond motifs is 1. The Hall–Kier alpha value is -2.13. The Bertz CT molecular complexity index is 869. The van der Waals surface area contributed by atoms with Gasteiger partial charge in [-0.15, -0.1) is 0 Å². The van der Waals surface area contributed by atoms with E-state index in [1.165, 1.54) is 0 Å². The molecule has 4 rings (SSSR count). The second-order valence-corrected chi connectivity index (χ2v) is 6.97. The minimum Gasteiger partial charge on any atom is -0.378 e. The van der Waals surface area contributed by atoms with Gasteiger partial charge in [0, 0.05) is 24.6 Å². The van der Waals surface area contributed by atoms with Crippen LogP contribution < -0.4 is 4.90 Å². The van der Waals surface area contributed by atoms with Crippen molar-refractivity contribution in [2.24, 2.45) is 5.11 Å². The first-order chi connectivity index (χ1) is 13.2. The van der Waals surface area contributed by atoms with Gasteiger partial charge in [-0.2, -0.15) is 9.97 Å². The number of ether oxygens (including phenoxy) is 2. The molecule has 2 fully saturated rings. The van der Waals surface area contributed by atoms with Crippen molar-refractivity contribution in [3.8, 4) is 0 Å². The molecule has 0 amide bonds. The Morgan fingerprint density at radius 3 is 2.74 bits per heavy atom. The summed E-state index contributed by atoms with van der Waals surface area (Å²) < 4.78 is 13.3. The summed E-state index contributed by atoms with van der Waals surface area (Å²) in [4.78, 5) is 18.7. The van der Waals surface area contributed by atoms with E-state index in [1.54, 1.807) is 0 Å². The highest BCUT2D eigenvalue weighted by Crippen LogP contribution is 2.34. The first kappa shape index (κ1) is 18.2. The minimum absolute atomic E-state index is 0.156. The monoisotopic (exact) mass is 392 g/mol. The van der Waals surface area contributed by atoms with Gasteiger partial charge in [-0.1, -0.05) is 5.11 Å². The number of anilines is 1. The molecule has 2 aromatic rings. The molecule has 2 aliphatic rings. The van der Waals surface area contributed by atoms with Gasteiger partial charge in [0.2, 0.25) is 5.28 Å². The van der Waals surface area contributed by atoms with Crippen LogP contribution in [0.15, 0.2) is 5.11 Å². The Balaban J connectivity index is 1.90. The molecule has 11 heteroatoms. The van der Waals surface area contributed by atoms with E-state index < -0.39 is 6.04 Å².